The highest BCUT2D eigenvalue weighted by Gasteiger charge is 2.29. The third-order valence-corrected chi connectivity index (χ3v) is 17.0. The lowest BCUT2D eigenvalue weighted by molar-refractivity contribution is 0.0700. The second kappa shape index (κ2) is 22.0. The molecule has 2 saturated carbocycles. The predicted molar refractivity (Wildman–Crippen MR) is 281 cm³/mol. The molecule has 8 aromatic rings. The summed E-state index contributed by atoms with van der Waals surface area (Å²) in [6.45, 7) is 3.96. The van der Waals surface area contributed by atoms with Gasteiger partial charge in [0.1, 0.15) is 4.88 Å². The fourth-order valence-corrected chi connectivity index (χ4v) is 12.3. The lowest BCUT2D eigenvalue weighted by atomic mass is 10.2. The van der Waals surface area contributed by atoms with E-state index in [1.165, 1.54) is 41.6 Å². The van der Waals surface area contributed by atoms with E-state index < -0.39 is 18.2 Å². The first-order valence-electron chi connectivity index (χ1n) is 23.4. The van der Waals surface area contributed by atoms with Gasteiger partial charge in [-0.25, -0.2) is 4.79 Å². The summed E-state index contributed by atoms with van der Waals surface area (Å²) in [5.74, 6) is -0.324. The van der Waals surface area contributed by atoms with Crippen LogP contribution in [0.1, 0.15) is 97.3 Å². The van der Waals surface area contributed by atoms with Crippen molar-refractivity contribution >= 4 is 134 Å². The second-order valence-corrected chi connectivity index (χ2v) is 22.1. The van der Waals surface area contributed by atoms with Crippen molar-refractivity contribution < 1.29 is 39.6 Å². The third-order valence-electron chi connectivity index (χ3n) is 12.7. The largest absolute Gasteiger partial charge is 0.477 e. The van der Waals surface area contributed by atoms with Gasteiger partial charge in [-0.3, -0.25) is 33.9 Å². The van der Waals surface area contributed by atoms with Crippen molar-refractivity contribution in [1.82, 2.24) is 29.3 Å². The molecular formula is C51H51Cl2N7O8S3. The zero-order chi connectivity index (χ0) is 49.9. The maximum atomic E-state index is 12.9. The number of aromatic nitrogens is 4. The quantitative estimate of drug-likeness (QED) is 0.101. The average molecular weight is 1060 g/mol. The first-order valence-corrected chi connectivity index (χ1v) is 26.6. The zero-order valence-corrected chi connectivity index (χ0v) is 42.6. The Morgan fingerprint density at radius 2 is 1.17 bits per heavy atom. The number of β-amino-alcohol motifs (C(OH)–C–C–N with tert-alkyl or cyclic N) is 2. The number of rotatable bonds is 7. The molecule has 12 rings (SSSR count). The topological polar surface area (TPSA) is 211 Å². The number of aromatic carboxylic acids is 1. The number of carboxylic acids is 1. The highest BCUT2D eigenvalue weighted by Crippen LogP contribution is 2.37. The normalized spacial score (nSPS) is 17.8. The molecule has 2 atom stereocenters. The molecule has 2 aliphatic heterocycles. The molecule has 2 saturated heterocycles. The van der Waals surface area contributed by atoms with E-state index in [2.05, 4.69) is 32.4 Å². The number of benzene rings is 1. The number of nitrogens with zero attached hydrogens (tertiary/aromatic N) is 6. The summed E-state index contributed by atoms with van der Waals surface area (Å²) >= 11 is 15.8. The third kappa shape index (κ3) is 11.9. The lowest BCUT2D eigenvalue weighted by Gasteiger charge is -2.13. The summed E-state index contributed by atoms with van der Waals surface area (Å²) < 4.78 is 4.32. The number of fused-ring (bicyclic) bond motifs is 4. The van der Waals surface area contributed by atoms with E-state index >= 15 is 0 Å². The molecule has 4 aliphatic rings. The van der Waals surface area contributed by atoms with Gasteiger partial charge in [-0.1, -0.05) is 36.0 Å². The molecule has 2 amide bonds. The van der Waals surface area contributed by atoms with Gasteiger partial charge in [0, 0.05) is 68.0 Å². The molecule has 0 spiro atoms. The summed E-state index contributed by atoms with van der Waals surface area (Å²) in [6, 6.07) is 18.5. The van der Waals surface area contributed by atoms with Crippen molar-refractivity contribution in [3.05, 3.63) is 110 Å². The van der Waals surface area contributed by atoms with Crippen LogP contribution in [0.2, 0.25) is 10.0 Å². The van der Waals surface area contributed by atoms with Gasteiger partial charge < -0.3 is 35.5 Å². The number of carboxylic acid groups (broad SMARTS) is 1. The summed E-state index contributed by atoms with van der Waals surface area (Å²) in [4.78, 5) is 66.1. The van der Waals surface area contributed by atoms with Crippen LogP contribution in [-0.2, 0) is 0 Å². The molecule has 15 nitrogen and oxygen atoms in total. The standard InChI is InChI=1S/C26H26N4O3S.C12H11ClN2O2S.C8H4ClNO2S.C5H10O/c1-15-10-17-12-18(4-5-22(17)30(15)24(32)11-16-2-3-16)28-20-6-8-27-21-13-23(34-25(20)21)26(33)29-9-7-19(31)14-29;13-8-1-3-14-9-5-10(18-11(8)9)12(17)15-4-2-7(16)6-15;9-4-1-2-10-5-3-6(8(11)12)13-7(4)5;6-5-3-1-2-4-5/h4-6,8,10,12-13,16,19,31H,2-3,7,9,11,14H2,1H3,(H,27,28);1,3,5,7,16H,2,4,6H2;1-3H,(H,11,12);5-6H,1-4H2/t19-;7-;;/m11../s1. The van der Waals surface area contributed by atoms with Crippen molar-refractivity contribution in [3.8, 4) is 0 Å². The van der Waals surface area contributed by atoms with Crippen molar-refractivity contribution in [1.29, 1.82) is 0 Å². The van der Waals surface area contributed by atoms with Gasteiger partial charge in [0.15, 0.2) is 0 Å². The maximum absolute atomic E-state index is 12.9. The first-order chi connectivity index (χ1) is 34.2. The summed E-state index contributed by atoms with van der Waals surface area (Å²) in [7, 11) is 0. The summed E-state index contributed by atoms with van der Waals surface area (Å²) in [5.41, 5.74) is 5.84. The van der Waals surface area contributed by atoms with Crippen molar-refractivity contribution in [2.45, 2.75) is 83.0 Å². The first kappa shape index (κ1) is 50.4. The van der Waals surface area contributed by atoms with Crippen LogP contribution < -0.4 is 5.32 Å². The number of hydrogen-bond acceptors (Lipinski definition) is 14. The number of carbonyl (C=O) groups excluding carboxylic acids is 3. The van der Waals surface area contributed by atoms with Gasteiger partial charge in [-0.05, 0) is 112 Å². The van der Waals surface area contributed by atoms with Gasteiger partial charge in [-0.2, -0.15) is 0 Å². The minimum atomic E-state index is -0.945. The fourth-order valence-electron chi connectivity index (χ4n) is 8.81. The molecule has 20 heteroatoms. The van der Waals surface area contributed by atoms with Gasteiger partial charge in [0.25, 0.3) is 11.8 Å². The average Bonchev–Trinajstić information content (AvgIpc) is 4.11. The molecule has 370 valence electrons. The number of anilines is 2. The molecule has 9 heterocycles. The number of hydrogen-bond donors (Lipinski definition) is 5. The van der Waals surface area contributed by atoms with E-state index in [1.54, 1.807) is 46.6 Å². The molecule has 1 aromatic carbocycles. The van der Waals surface area contributed by atoms with Crippen LogP contribution >= 0.6 is 57.2 Å². The number of thiophene rings is 3. The number of aliphatic hydroxyl groups excluding tert-OH is 3. The molecule has 4 fully saturated rings. The SMILES string of the molecule is Cc1cc2cc(Nc3ccnc4cc(C(=O)N5CC[C@@H](O)C5)sc34)ccc2n1C(=O)CC1CC1.O=C(O)c1cc2nccc(Cl)c2s1.O=C(c1cc2nccc(Cl)c2s1)N1CC[C@@H](O)C1.OC1CCCC1. The highest BCUT2D eigenvalue weighted by atomic mass is 35.5. The number of nitrogens with one attached hydrogen (secondary N) is 1. The Morgan fingerprint density at radius 3 is 1.66 bits per heavy atom. The maximum Gasteiger partial charge on any atom is 0.345 e. The minimum absolute atomic E-state index is 0.0463. The number of likely N-dealkylation sites (tertiary alicyclic amines) is 2. The second-order valence-electron chi connectivity index (χ2n) is 18.1. The molecule has 2 aliphatic carbocycles. The van der Waals surface area contributed by atoms with E-state index in [0.29, 0.717) is 76.7 Å². The fraction of sp³-hybridized carbons (Fsp3) is 0.353. The number of pyridine rings is 3. The Hall–Kier alpha value is -5.57. The van der Waals surface area contributed by atoms with Crippen molar-refractivity contribution in [2.75, 3.05) is 31.5 Å². The molecule has 0 radical (unpaired) electrons. The van der Waals surface area contributed by atoms with E-state index in [4.69, 9.17) is 33.4 Å². The minimum Gasteiger partial charge on any atom is -0.477 e. The molecule has 0 unspecified atom stereocenters. The summed E-state index contributed by atoms with van der Waals surface area (Å²) in [6.07, 6.45) is 12.9. The lowest BCUT2D eigenvalue weighted by Crippen LogP contribution is -2.28. The van der Waals surface area contributed by atoms with E-state index in [9.17, 15) is 29.4 Å². The van der Waals surface area contributed by atoms with Crippen LogP contribution in [0.15, 0.2) is 79.3 Å². The smallest absolute Gasteiger partial charge is 0.345 e. The number of carbonyl (C=O) groups is 4. The number of halogens is 2. The highest BCUT2D eigenvalue weighted by molar-refractivity contribution is 7.22. The van der Waals surface area contributed by atoms with Gasteiger partial charge in [0.2, 0.25) is 5.91 Å². The van der Waals surface area contributed by atoms with E-state index in [-0.39, 0.29) is 28.7 Å². The van der Waals surface area contributed by atoms with Crippen LogP contribution in [0, 0.1) is 12.8 Å². The van der Waals surface area contributed by atoms with Gasteiger partial charge >= 0.3 is 5.97 Å². The van der Waals surface area contributed by atoms with E-state index in [0.717, 1.165) is 90.1 Å². The Balaban J connectivity index is 0.000000139. The van der Waals surface area contributed by atoms with Gasteiger partial charge in [0.05, 0.1) is 80.0 Å². The summed E-state index contributed by atoms with van der Waals surface area (Å²) in [5, 5.41) is 42.3. The number of aryl methyl sites for hydroxylation is 1. The van der Waals surface area contributed by atoms with Crippen LogP contribution in [0.5, 0.6) is 0 Å². The van der Waals surface area contributed by atoms with Crippen LogP contribution in [0.3, 0.4) is 0 Å². The van der Waals surface area contributed by atoms with Gasteiger partial charge in [-0.15, -0.1) is 34.0 Å². The number of amides is 2. The molecular weight excluding hydrogens is 1010 g/mol. The Labute approximate surface area is 430 Å². The van der Waals surface area contributed by atoms with Crippen molar-refractivity contribution in [2.24, 2.45) is 5.92 Å². The Bertz CT molecular complexity index is 3270. The number of aliphatic hydroxyl groups is 3. The molecule has 0 bridgehead atoms. The van der Waals surface area contributed by atoms with Crippen LogP contribution in [0.25, 0.3) is 41.6 Å². The van der Waals surface area contributed by atoms with Crippen LogP contribution in [0.4, 0.5) is 11.4 Å². The zero-order valence-electron chi connectivity index (χ0n) is 38.6. The monoisotopic (exact) mass is 1060 g/mol. The van der Waals surface area contributed by atoms with E-state index in [1.807, 2.05) is 35.8 Å². The Kier molecular flexibility index (Phi) is 15.6. The van der Waals surface area contributed by atoms with Crippen LogP contribution in [-0.4, -0.2) is 118 Å². The Morgan fingerprint density at radius 1 is 0.648 bits per heavy atom. The predicted octanol–water partition coefficient (Wildman–Crippen LogP) is 10.7. The molecule has 5 N–H and O–H groups in total. The van der Waals surface area contributed by atoms with Crippen molar-refractivity contribution in [3.63, 3.8) is 0 Å². The molecule has 7 aromatic heterocycles. The molecule has 71 heavy (non-hydrogen) atoms.